The summed E-state index contributed by atoms with van der Waals surface area (Å²) in [6.07, 6.45) is 5.47. The van der Waals surface area contributed by atoms with E-state index >= 15 is 0 Å². The second-order valence-corrected chi connectivity index (χ2v) is 9.56. The number of aryl methyl sites for hydroxylation is 2. The molecule has 0 atom stereocenters. The van der Waals surface area contributed by atoms with Gasteiger partial charge in [0, 0.05) is 22.7 Å². The normalized spacial score (nSPS) is 16.7. The van der Waals surface area contributed by atoms with Gasteiger partial charge >= 0.3 is 0 Å². The molecule has 2 aliphatic rings. The van der Waals surface area contributed by atoms with Crippen molar-refractivity contribution in [2.45, 2.75) is 40.2 Å². The minimum absolute atomic E-state index is 0.0577. The summed E-state index contributed by atoms with van der Waals surface area (Å²) in [5.41, 5.74) is 4.60. The van der Waals surface area contributed by atoms with Crippen molar-refractivity contribution >= 4 is 50.7 Å². The van der Waals surface area contributed by atoms with Crippen molar-refractivity contribution in [2.75, 3.05) is 6.61 Å². The van der Waals surface area contributed by atoms with Gasteiger partial charge in [0.25, 0.3) is 5.91 Å². The van der Waals surface area contributed by atoms with Crippen LogP contribution >= 0.6 is 11.8 Å². The number of para-hydroxylation sites is 1. The average Bonchev–Trinajstić information content (AvgIpc) is 3.43. The fraction of sp³-hybridized carbons (Fsp3) is 0.259. The van der Waals surface area contributed by atoms with Gasteiger partial charge in [-0.1, -0.05) is 38.1 Å². The number of aromatic nitrogens is 1. The molecule has 0 fully saturated rings. The van der Waals surface area contributed by atoms with E-state index in [4.69, 9.17) is 10.1 Å². The molecule has 3 heterocycles. The van der Waals surface area contributed by atoms with Crippen LogP contribution in [0.15, 0.2) is 64.3 Å². The second kappa shape index (κ2) is 9.54. The highest BCUT2D eigenvalue weighted by Gasteiger charge is 2.35. The summed E-state index contributed by atoms with van der Waals surface area (Å²) in [6.45, 7) is 7.38. The number of hydrogen-bond donors (Lipinski definition) is 1. The van der Waals surface area contributed by atoms with Crippen LogP contribution in [0.2, 0.25) is 0 Å². The van der Waals surface area contributed by atoms with E-state index in [0.717, 1.165) is 40.1 Å². The van der Waals surface area contributed by atoms with Gasteiger partial charge in [-0.3, -0.25) is 10.2 Å². The third-order valence-electron chi connectivity index (χ3n) is 6.04. The first-order valence-electron chi connectivity index (χ1n) is 11.8. The summed E-state index contributed by atoms with van der Waals surface area (Å²) >= 11 is 1.35. The number of amides is 1. The Balaban J connectivity index is 1.41. The maximum atomic E-state index is 12.8. The Kier molecular flexibility index (Phi) is 6.30. The van der Waals surface area contributed by atoms with E-state index in [0.29, 0.717) is 18.3 Å². The van der Waals surface area contributed by atoms with Crippen molar-refractivity contribution in [1.82, 2.24) is 9.58 Å². The molecule has 0 radical (unpaired) electrons. The Morgan fingerprint density at radius 1 is 1.14 bits per heavy atom. The number of nitrogens with one attached hydrogen (secondary N) is 1. The number of hydrazone groups is 1. The summed E-state index contributed by atoms with van der Waals surface area (Å²) in [5.74, 6) is 0.529. The Morgan fingerprint density at radius 2 is 1.97 bits per heavy atom. The van der Waals surface area contributed by atoms with E-state index in [9.17, 15) is 4.79 Å². The van der Waals surface area contributed by atoms with E-state index in [1.807, 2.05) is 31.3 Å². The van der Waals surface area contributed by atoms with Crippen LogP contribution < -0.4 is 4.74 Å². The number of hydrogen-bond acceptors (Lipinski definition) is 5. The van der Waals surface area contributed by atoms with Gasteiger partial charge in [-0.25, -0.2) is 0 Å². The number of nitrogens with zero attached hydrogens (tertiary/aromatic N) is 4. The lowest BCUT2D eigenvalue weighted by Gasteiger charge is -2.20. The van der Waals surface area contributed by atoms with Crippen molar-refractivity contribution in [3.05, 3.63) is 70.9 Å². The van der Waals surface area contributed by atoms with Gasteiger partial charge in [0.2, 0.25) is 5.17 Å². The van der Waals surface area contributed by atoms with Gasteiger partial charge in [-0.05, 0) is 66.9 Å². The van der Waals surface area contributed by atoms with E-state index in [1.54, 1.807) is 6.08 Å². The topological polar surface area (TPSA) is 83.0 Å². The third kappa shape index (κ3) is 4.53. The highest BCUT2D eigenvalue weighted by molar-refractivity contribution is 8.26. The van der Waals surface area contributed by atoms with Crippen molar-refractivity contribution in [2.24, 2.45) is 10.1 Å². The fourth-order valence-electron chi connectivity index (χ4n) is 4.28. The molecule has 0 spiro atoms. The molecule has 7 nitrogen and oxygen atoms in total. The number of carbonyl (C=O) groups excluding carboxylic acids is 1. The molecule has 0 bridgehead atoms. The standard InChI is InChI=1S/C27H27N5O2S/c1-4-18-12-17(3)13-20(14-18)34-11-10-31-16-19(21-8-6-7-9-23(21)31)15-22-25(28)32-27(29-26(22)33)35-24(5-2)30-32/h6-9,12-16,28H,4-5,10-11H2,1-3H3/b22-15+,28-25?. The molecule has 0 saturated heterocycles. The Morgan fingerprint density at radius 3 is 2.77 bits per heavy atom. The molecule has 1 aromatic heterocycles. The Hall–Kier alpha value is -3.65. The molecule has 8 heteroatoms. The van der Waals surface area contributed by atoms with Gasteiger partial charge in [0.1, 0.15) is 17.4 Å². The average molecular weight is 486 g/mol. The van der Waals surface area contributed by atoms with E-state index in [-0.39, 0.29) is 11.4 Å². The van der Waals surface area contributed by atoms with Crippen LogP contribution in [-0.2, 0) is 17.8 Å². The summed E-state index contributed by atoms with van der Waals surface area (Å²) in [5, 5.41) is 16.8. The summed E-state index contributed by atoms with van der Waals surface area (Å²) in [7, 11) is 0. The number of benzene rings is 2. The maximum absolute atomic E-state index is 12.8. The zero-order chi connectivity index (χ0) is 24.5. The molecule has 178 valence electrons. The van der Waals surface area contributed by atoms with Gasteiger partial charge in [0.05, 0.1) is 12.1 Å². The van der Waals surface area contributed by atoms with Crippen LogP contribution in [-0.4, -0.2) is 38.1 Å². The predicted octanol–water partition coefficient (Wildman–Crippen LogP) is 5.62. The van der Waals surface area contributed by atoms with Crippen molar-refractivity contribution in [3.8, 4) is 5.75 Å². The molecule has 1 N–H and O–H groups in total. The largest absolute Gasteiger partial charge is 0.492 e. The van der Waals surface area contributed by atoms with Gasteiger partial charge in [0.15, 0.2) is 5.84 Å². The zero-order valence-corrected chi connectivity index (χ0v) is 20.9. The van der Waals surface area contributed by atoms with Gasteiger partial charge < -0.3 is 9.30 Å². The van der Waals surface area contributed by atoms with Crippen LogP contribution in [0.25, 0.3) is 17.0 Å². The van der Waals surface area contributed by atoms with Crippen LogP contribution in [0.1, 0.15) is 37.0 Å². The van der Waals surface area contributed by atoms with Crippen LogP contribution in [0, 0.1) is 12.3 Å². The lowest BCUT2D eigenvalue weighted by molar-refractivity contribution is -0.114. The first kappa shape index (κ1) is 23.1. The van der Waals surface area contributed by atoms with E-state index in [1.165, 1.54) is 27.9 Å². The van der Waals surface area contributed by atoms with Crippen molar-refractivity contribution < 1.29 is 9.53 Å². The van der Waals surface area contributed by atoms with Crippen LogP contribution in [0.3, 0.4) is 0 Å². The van der Waals surface area contributed by atoms with Gasteiger partial charge in [-0.2, -0.15) is 15.1 Å². The summed E-state index contributed by atoms with van der Waals surface area (Å²) in [4.78, 5) is 17.0. The highest BCUT2D eigenvalue weighted by atomic mass is 32.2. The Bertz CT molecular complexity index is 1430. The zero-order valence-electron chi connectivity index (χ0n) is 20.0. The number of carbonyl (C=O) groups is 1. The second-order valence-electron chi connectivity index (χ2n) is 8.52. The number of amidine groups is 2. The number of thioether (sulfide) groups is 1. The predicted molar refractivity (Wildman–Crippen MR) is 143 cm³/mol. The first-order chi connectivity index (χ1) is 17.0. The quantitative estimate of drug-likeness (QED) is 0.440. The van der Waals surface area contributed by atoms with E-state index in [2.05, 4.69) is 52.8 Å². The van der Waals surface area contributed by atoms with Crippen LogP contribution in [0.4, 0.5) is 0 Å². The summed E-state index contributed by atoms with van der Waals surface area (Å²) in [6, 6.07) is 14.4. The molecular weight excluding hydrogens is 458 g/mol. The molecule has 0 unspecified atom stereocenters. The fourth-order valence-corrected chi connectivity index (χ4v) is 5.10. The third-order valence-corrected chi connectivity index (χ3v) is 7.09. The number of aliphatic imine (C=N–C) groups is 1. The monoisotopic (exact) mass is 485 g/mol. The van der Waals surface area contributed by atoms with Crippen LogP contribution in [0.5, 0.6) is 5.75 Å². The molecule has 2 aliphatic heterocycles. The first-order valence-corrected chi connectivity index (χ1v) is 12.6. The van der Waals surface area contributed by atoms with Crippen molar-refractivity contribution in [1.29, 1.82) is 5.41 Å². The molecular formula is C27H27N5O2S. The number of fused-ring (bicyclic) bond motifs is 2. The lowest BCUT2D eigenvalue weighted by Crippen LogP contribution is -2.35. The lowest BCUT2D eigenvalue weighted by atomic mass is 10.1. The molecule has 0 saturated carbocycles. The molecule has 1 amide bonds. The molecule has 5 rings (SSSR count). The summed E-state index contributed by atoms with van der Waals surface area (Å²) < 4.78 is 8.21. The maximum Gasteiger partial charge on any atom is 0.283 e. The SMILES string of the molecule is CCC1=NN2C(=N)/C(=C\c3cn(CCOc4cc(C)cc(CC)c4)c4ccccc34)C(=O)N=C2S1. The smallest absolute Gasteiger partial charge is 0.283 e. The number of ether oxygens (including phenoxy) is 1. The minimum atomic E-state index is -0.410. The number of rotatable bonds is 7. The molecule has 0 aliphatic carbocycles. The molecule has 2 aromatic carbocycles. The Labute approximate surface area is 208 Å². The highest BCUT2D eigenvalue weighted by Crippen LogP contribution is 2.31. The van der Waals surface area contributed by atoms with Gasteiger partial charge in [-0.15, -0.1) is 0 Å². The molecule has 35 heavy (non-hydrogen) atoms. The van der Waals surface area contributed by atoms with Crippen molar-refractivity contribution in [3.63, 3.8) is 0 Å². The van der Waals surface area contributed by atoms with E-state index < -0.39 is 5.91 Å². The molecule has 3 aromatic rings. The minimum Gasteiger partial charge on any atom is -0.492 e.